The minimum atomic E-state index is 0.167. The molecule has 1 aromatic carbocycles. The molecule has 0 bridgehead atoms. The molecular formula is C14H17BrN2O. The van der Waals surface area contributed by atoms with E-state index in [2.05, 4.69) is 26.1 Å². The second kappa shape index (κ2) is 5.02. The lowest BCUT2D eigenvalue weighted by molar-refractivity contribution is 0.0574. The molecule has 4 heteroatoms. The summed E-state index contributed by atoms with van der Waals surface area (Å²) in [5.41, 5.74) is 0.782. The Hall–Kier alpha value is -0.870. The Morgan fingerprint density at radius 1 is 1.33 bits per heavy atom. The summed E-state index contributed by atoms with van der Waals surface area (Å²) in [6.07, 6.45) is 2.37. The van der Waals surface area contributed by atoms with Gasteiger partial charge in [0.2, 0.25) is 0 Å². The van der Waals surface area contributed by atoms with Crippen molar-refractivity contribution in [1.82, 2.24) is 10.2 Å². The highest BCUT2D eigenvalue weighted by Crippen LogP contribution is 2.29. The summed E-state index contributed by atoms with van der Waals surface area (Å²) < 4.78 is 0.892. The maximum absolute atomic E-state index is 12.6. The highest BCUT2D eigenvalue weighted by atomic mass is 79.9. The quantitative estimate of drug-likeness (QED) is 0.863. The van der Waals surface area contributed by atoms with Gasteiger partial charge in [0, 0.05) is 30.1 Å². The second-order valence-electron chi connectivity index (χ2n) is 5.11. The number of fused-ring (bicyclic) bond motifs is 1. The molecule has 0 saturated carbocycles. The van der Waals surface area contributed by atoms with Crippen molar-refractivity contribution in [3.63, 3.8) is 0 Å². The maximum Gasteiger partial charge on any atom is 0.255 e. The molecule has 1 aromatic rings. The number of halogens is 1. The molecule has 2 fully saturated rings. The monoisotopic (exact) mass is 308 g/mol. The van der Waals surface area contributed by atoms with Crippen LogP contribution in [-0.4, -0.2) is 36.5 Å². The third kappa shape index (κ3) is 2.08. The van der Waals surface area contributed by atoms with Gasteiger partial charge in [-0.3, -0.25) is 4.79 Å². The van der Waals surface area contributed by atoms with Crippen molar-refractivity contribution in [3.05, 3.63) is 34.3 Å². The molecule has 18 heavy (non-hydrogen) atoms. The number of likely N-dealkylation sites (tertiary alicyclic amines) is 1. The van der Waals surface area contributed by atoms with E-state index in [-0.39, 0.29) is 5.91 Å². The molecule has 1 N–H and O–H groups in total. The number of benzene rings is 1. The summed E-state index contributed by atoms with van der Waals surface area (Å²) in [4.78, 5) is 14.7. The predicted molar refractivity (Wildman–Crippen MR) is 74.6 cm³/mol. The second-order valence-corrected chi connectivity index (χ2v) is 5.96. The van der Waals surface area contributed by atoms with E-state index in [9.17, 15) is 4.79 Å². The Kier molecular flexibility index (Phi) is 3.39. The van der Waals surface area contributed by atoms with Crippen LogP contribution in [0.1, 0.15) is 23.2 Å². The van der Waals surface area contributed by atoms with Gasteiger partial charge < -0.3 is 10.2 Å². The molecule has 3 nitrogen and oxygen atoms in total. The summed E-state index contributed by atoms with van der Waals surface area (Å²) >= 11 is 3.47. The summed E-state index contributed by atoms with van der Waals surface area (Å²) in [7, 11) is 0. The van der Waals surface area contributed by atoms with Crippen LogP contribution in [-0.2, 0) is 0 Å². The van der Waals surface area contributed by atoms with Gasteiger partial charge in [0.15, 0.2) is 0 Å². The first kappa shape index (κ1) is 12.2. The Balaban J connectivity index is 1.86. The zero-order chi connectivity index (χ0) is 12.5. The fourth-order valence-corrected chi connectivity index (χ4v) is 3.56. The van der Waals surface area contributed by atoms with Crippen LogP contribution in [0.15, 0.2) is 28.7 Å². The Morgan fingerprint density at radius 3 is 3.00 bits per heavy atom. The highest BCUT2D eigenvalue weighted by molar-refractivity contribution is 9.10. The Labute approximate surface area is 116 Å². The van der Waals surface area contributed by atoms with Crippen LogP contribution in [0, 0.1) is 5.92 Å². The first-order valence-electron chi connectivity index (χ1n) is 6.53. The summed E-state index contributed by atoms with van der Waals surface area (Å²) in [6, 6.07) is 8.09. The zero-order valence-electron chi connectivity index (χ0n) is 10.2. The fourth-order valence-electron chi connectivity index (χ4n) is 3.11. The molecule has 2 heterocycles. The average molecular weight is 309 g/mol. The van der Waals surface area contributed by atoms with Crippen LogP contribution < -0.4 is 5.32 Å². The Bertz CT molecular complexity index is 463. The normalized spacial score (nSPS) is 27.1. The van der Waals surface area contributed by atoms with Crippen molar-refractivity contribution in [2.24, 2.45) is 5.92 Å². The molecule has 0 radical (unpaired) electrons. The van der Waals surface area contributed by atoms with Crippen LogP contribution >= 0.6 is 15.9 Å². The fraction of sp³-hybridized carbons (Fsp3) is 0.500. The summed E-state index contributed by atoms with van der Waals surface area (Å²) in [5, 5.41) is 3.41. The van der Waals surface area contributed by atoms with E-state index in [0.717, 1.165) is 36.1 Å². The van der Waals surface area contributed by atoms with Crippen LogP contribution in [0.4, 0.5) is 0 Å². The predicted octanol–water partition coefficient (Wildman–Crippen LogP) is 2.27. The van der Waals surface area contributed by atoms with Gasteiger partial charge in [-0.1, -0.05) is 12.1 Å². The van der Waals surface area contributed by atoms with Crippen LogP contribution in [0.2, 0.25) is 0 Å². The number of amides is 1. The van der Waals surface area contributed by atoms with E-state index in [4.69, 9.17) is 0 Å². The van der Waals surface area contributed by atoms with E-state index >= 15 is 0 Å². The smallest absolute Gasteiger partial charge is 0.255 e. The molecule has 3 rings (SSSR count). The van der Waals surface area contributed by atoms with Gasteiger partial charge in [0.1, 0.15) is 0 Å². The van der Waals surface area contributed by atoms with Crippen molar-refractivity contribution in [2.75, 3.05) is 19.6 Å². The molecule has 2 atom stereocenters. The van der Waals surface area contributed by atoms with Crippen molar-refractivity contribution < 1.29 is 4.79 Å². The average Bonchev–Trinajstić information content (AvgIpc) is 2.86. The molecule has 0 aromatic heterocycles. The number of nitrogens with zero attached hydrogens (tertiary/aromatic N) is 1. The van der Waals surface area contributed by atoms with Crippen LogP contribution in [0.3, 0.4) is 0 Å². The van der Waals surface area contributed by atoms with Crippen LogP contribution in [0.5, 0.6) is 0 Å². The lowest BCUT2D eigenvalue weighted by Crippen LogP contribution is -2.48. The standard InChI is InChI=1S/C14H17BrN2O/c15-12-6-2-1-5-11(12)14(18)17-7-3-4-10-8-16-9-13(10)17/h1-2,5-6,10,13,16H,3-4,7-9H2. The third-order valence-corrected chi connectivity index (χ3v) is 4.74. The number of rotatable bonds is 1. The van der Waals surface area contributed by atoms with E-state index in [1.54, 1.807) is 0 Å². The molecule has 1 amide bonds. The van der Waals surface area contributed by atoms with Gasteiger partial charge in [0.25, 0.3) is 5.91 Å². The Morgan fingerprint density at radius 2 is 2.17 bits per heavy atom. The first-order valence-corrected chi connectivity index (χ1v) is 7.33. The topological polar surface area (TPSA) is 32.3 Å². The lowest BCUT2D eigenvalue weighted by atomic mass is 9.91. The molecule has 0 spiro atoms. The summed E-state index contributed by atoms with van der Waals surface area (Å²) in [6.45, 7) is 2.90. The van der Waals surface area contributed by atoms with Gasteiger partial charge >= 0.3 is 0 Å². The van der Waals surface area contributed by atoms with E-state index in [1.807, 2.05) is 24.3 Å². The van der Waals surface area contributed by atoms with E-state index in [0.29, 0.717) is 12.0 Å². The van der Waals surface area contributed by atoms with Gasteiger partial charge in [-0.25, -0.2) is 0 Å². The molecule has 2 unspecified atom stereocenters. The van der Waals surface area contributed by atoms with Crippen LogP contribution in [0.25, 0.3) is 0 Å². The van der Waals surface area contributed by atoms with Crippen molar-refractivity contribution in [3.8, 4) is 0 Å². The zero-order valence-corrected chi connectivity index (χ0v) is 11.8. The number of carbonyl (C=O) groups excluding carboxylic acids is 1. The number of carbonyl (C=O) groups is 1. The number of hydrogen-bond acceptors (Lipinski definition) is 2. The molecule has 2 saturated heterocycles. The van der Waals surface area contributed by atoms with Gasteiger partial charge in [-0.2, -0.15) is 0 Å². The minimum absolute atomic E-state index is 0.167. The number of piperidine rings is 1. The highest BCUT2D eigenvalue weighted by Gasteiger charge is 2.37. The summed E-state index contributed by atoms with van der Waals surface area (Å²) in [5.74, 6) is 0.811. The molecule has 2 aliphatic heterocycles. The molecule has 2 aliphatic rings. The van der Waals surface area contributed by atoms with Crippen molar-refractivity contribution in [2.45, 2.75) is 18.9 Å². The molecule has 0 aliphatic carbocycles. The molecule has 96 valence electrons. The number of hydrogen-bond donors (Lipinski definition) is 1. The third-order valence-electron chi connectivity index (χ3n) is 4.04. The van der Waals surface area contributed by atoms with Gasteiger partial charge in [0.05, 0.1) is 5.56 Å². The van der Waals surface area contributed by atoms with Gasteiger partial charge in [-0.15, -0.1) is 0 Å². The number of nitrogens with one attached hydrogen (secondary N) is 1. The SMILES string of the molecule is O=C(c1ccccc1Br)N1CCCC2CNCC21. The van der Waals surface area contributed by atoms with Crippen molar-refractivity contribution in [1.29, 1.82) is 0 Å². The van der Waals surface area contributed by atoms with E-state index < -0.39 is 0 Å². The largest absolute Gasteiger partial charge is 0.334 e. The molecular weight excluding hydrogens is 292 g/mol. The maximum atomic E-state index is 12.6. The van der Waals surface area contributed by atoms with Crippen molar-refractivity contribution >= 4 is 21.8 Å². The van der Waals surface area contributed by atoms with Gasteiger partial charge in [-0.05, 0) is 46.8 Å². The minimum Gasteiger partial charge on any atom is -0.334 e. The lowest BCUT2D eigenvalue weighted by Gasteiger charge is -2.37. The van der Waals surface area contributed by atoms with E-state index in [1.165, 1.54) is 6.42 Å². The first-order chi connectivity index (χ1) is 8.77.